The minimum absolute atomic E-state index is 0.0257. The Morgan fingerprint density at radius 3 is 2.25 bits per heavy atom. The zero-order valence-electron chi connectivity index (χ0n) is 15.9. The van der Waals surface area contributed by atoms with E-state index < -0.39 is 11.5 Å². The molecule has 1 amide bonds. The molecule has 0 unspecified atom stereocenters. The molecule has 150 valence electrons. The van der Waals surface area contributed by atoms with Crippen LogP contribution in [0.1, 0.15) is 48.9 Å². The van der Waals surface area contributed by atoms with Crippen LogP contribution in [0, 0.1) is 0 Å². The van der Waals surface area contributed by atoms with Gasteiger partial charge in [-0.05, 0) is 37.8 Å². The van der Waals surface area contributed by atoms with Crippen LogP contribution in [0.3, 0.4) is 0 Å². The summed E-state index contributed by atoms with van der Waals surface area (Å²) in [7, 11) is 0. The zero-order valence-corrected chi connectivity index (χ0v) is 16.7. The molecule has 2 saturated carbocycles. The molecule has 1 aliphatic heterocycles. The van der Waals surface area contributed by atoms with Crippen molar-refractivity contribution >= 4 is 29.7 Å². The number of nitrogens with zero attached hydrogens (tertiary/aromatic N) is 3. The normalized spacial score (nSPS) is 23.8. The monoisotopic (exact) mass is 403 g/mol. The second kappa shape index (κ2) is 7.48. The van der Waals surface area contributed by atoms with Crippen LogP contribution in [0.5, 0.6) is 0 Å². The fourth-order valence-corrected chi connectivity index (χ4v) is 4.65. The van der Waals surface area contributed by atoms with Gasteiger partial charge < -0.3 is 10.0 Å². The van der Waals surface area contributed by atoms with E-state index in [9.17, 15) is 14.7 Å². The number of benzene rings is 1. The number of carboxylic acids is 1. The second-order valence-corrected chi connectivity index (χ2v) is 8.57. The Morgan fingerprint density at radius 2 is 1.68 bits per heavy atom. The van der Waals surface area contributed by atoms with Gasteiger partial charge in [-0.15, -0.1) is 0 Å². The molecule has 1 N–H and O–H groups in total. The van der Waals surface area contributed by atoms with E-state index in [0.29, 0.717) is 36.5 Å². The quantitative estimate of drug-likeness (QED) is 0.766. The second-order valence-electron chi connectivity index (χ2n) is 8.16. The van der Waals surface area contributed by atoms with Gasteiger partial charge in [-0.3, -0.25) is 14.7 Å². The maximum atomic E-state index is 12.8. The van der Waals surface area contributed by atoms with Crippen LogP contribution >= 0.6 is 11.6 Å². The van der Waals surface area contributed by atoms with E-state index in [4.69, 9.17) is 11.6 Å². The number of rotatable bonds is 5. The van der Waals surface area contributed by atoms with E-state index in [2.05, 4.69) is 9.89 Å². The van der Waals surface area contributed by atoms with Gasteiger partial charge >= 0.3 is 5.97 Å². The number of aliphatic imine (C=N–C) groups is 1. The van der Waals surface area contributed by atoms with Crippen molar-refractivity contribution in [3.8, 4) is 0 Å². The molecule has 2 aliphatic carbocycles. The van der Waals surface area contributed by atoms with E-state index in [1.54, 1.807) is 12.1 Å². The predicted octanol–water partition coefficient (Wildman–Crippen LogP) is 3.10. The fraction of sp³-hybridized carbons (Fsp3) is 0.571. The Hall–Kier alpha value is -1.92. The molecule has 4 rings (SSSR count). The van der Waals surface area contributed by atoms with Gasteiger partial charge in [0.25, 0.3) is 5.91 Å². The van der Waals surface area contributed by atoms with Crippen molar-refractivity contribution < 1.29 is 14.7 Å². The van der Waals surface area contributed by atoms with Crippen molar-refractivity contribution in [2.24, 2.45) is 4.99 Å². The summed E-state index contributed by atoms with van der Waals surface area (Å²) in [5.74, 6) is -0.839. The van der Waals surface area contributed by atoms with Gasteiger partial charge in [0.05, 0.1) is 16.1 Å². The summed E-state index contributed by atoms with van der Waals surface area (Å²) in [6.45, 7) is 2.82. The van der Waals surface area contributed by atoms with Crippen LogP contribution in [-0.2, 0) is 4.79 Å². The van der Waals surface area contributed by atoms with Gasteiger partial charge in [0.1, 0.15) is 0 Å². The Balaban J connectivity index is 1.44. The average molecular weight is 404 g/mol. The van der Waals surface area contributed by atoms with Gasteiger partial charge in [-0.2, -0.15) is 0 Å². The Bertz CT molecular complexity index is 792. The van der Waals surface area contributed by atoms with Crippen molar-refractivity contribution in [3.63, 3.8) is 0 Å². The average Bonchev–Trinajstić information content (AvgIpc) is 3.36. The molecule has 28 heavy (non-hydrogen) atoms. The molecular weight excluding hydrogens is 378 g/mol. The molecule has 0 spiro atoms. The van der Waals surface area contributed by atoms with Gasteiger partial charge in [0, 0.05) is 32.4 Å². The minimum Gasteiger partial charge on any atom is -0.479 e. The van der Waals surface area contributed by atoms with E-state index in [-0.39, 0.29) is 11.4 Å². The third kappa shape index (κ3) is 3.55. The Kier molecular flexibility index (Phi) is 5.19. The summed E-state index contributed by atoms with van der Waals surface area (Å²) >= 11 is 6.18. The number of piperazine rings is 1. The van der Waals surface area contributed by atoms with Gasteiger partial charge in [-0.25, -0.2) is 4.79 Å². The lowest BCUT2D eigenvalue weighted by Gasteiger charge is -2.44. The number of carboxylic acid groups (broad SMARTS) is 1. The van der Waals surface area contributed by atoms with E-state index in [1.807, 2.05) is 23.2 Å². The Morgan fingerprint density at radius 1 is 1.04 bits per heavy atom. The summed E-state index contributed by atoms with van der Waals surface area (Å²) in [6.07, 6.45) is 7.47. The van der Waals surface area contributed by atoms with Crippen LogP contribution in [0.2, 0.25) is 5.02 Å². The summed E-state index contributed by atoms with van der Waals surface area (Å²) in [5, 5.41) is 9.90. The molecule has 3 fully saturated rings. The SMILES string of the molecule is O=C(c1ccccc1Cl)N1CCN(C2(C=NC3(C(=O)O)CC3)CCCC2)CC1. The van der Waals surface area contributed by atoms with Gasteiger partial charge in [-0.1, -0.05) is 36.6 Å². The van der Waals surface area contributed by atoms with E-state index >= 15 is 0 Å². The van der Waals surface area contributed by atoms with Crippen molar-refractivity contribution in [2.75, 3.05) is 26.2 Å². The Labute approximate surface area is 170 Å². The molecule has 1 heterocycles. The lowest BCUT2D eigenvalue weighted by molar-refractivity contribution is -0.139. The summed E-state index contributed by atoms with van der Waals surface area (Å²) < 4.78 is 0. The first-order valence-electron chi connectivity index (χ1n) is 10.0. The van der Waals surface area contributed by atoms with Gasteiger partial charge in [0.15, 0.2) is 5.54 Å². The molecule has 0 aromatic heterocycles. The number of carbonyl (C=O) groups is 2. The molecular formula is C21H26ClN3O3. The summed E-state index contributed by atoms with van der Waals surface area (Å²) in [5.41, 5.74) is -0.492. The highest BCUT2D eigenvalue weighted by Gasteiger charge is 2.51. The highest BCUT2D eigenvalue weighted by molar-refractivity contribution is 6.33. The highest BCUT2D eigenvalue weighted by atomic mass is 35.5. The lowest BCUT2D eigenvalue weighted by atomic mass is 9.95. The molecule has 0 atom stereocenters. The van der Waals surface area contributed by atoms with Crippen LogP contribution in [-0.4, -0.2) is 70.3 Å². The number of aliphatic carboxylic acids is 1. The third-order valence-corrected chi connectivity index (χ3v) is 6.77. The number of halogens is 1. The van der Waals surface area contributed by atoms with E-state index in [1.165, 1.54) is 0 Å². The third-order valence-electron chi connectivity index (χ3n) is 6.44. The molecule has 3 aliphatic rings. The first kappa shape index (κ1) is 19.4. The predicted molar refractivity (Wildman–Crippen MR) is 108 cm³/mol. The van der Waals surface area contributed by atoms with Crippen LogP contribution in [0.15, 0.2) is 29.3 Å². The largest absolute Gasteiger partial charge is 0.479 e. The molecule has 0 radical (unpaired) electrons. The standard InChI is InChI=1S/C21H26ClN3O3/c22-17-6-2-1-5-16(17)18(26)24-11-13-25(14-12-24)20(7-3-4-8-20)15-23-21(9-10-21)19(27)28/h1-2,5-6,15H,3-4,7-14H2,(H,27,28). The number of amides is 1. The molecule has 0 bridgehead atoms. The molecule has 7 heteroatoms. The molecule has 6 nitrogen and oxygen atoms in total. The number of hydrogen-bond donors (Lipinski definition) is 1. The van der Waals surface area contributed by atoms with Crippen LogP contribution < -0.4 is 0 Å². The van der Waals surface area contributed by atoms with Crippen LogP contribution in [0.4, 0.5) is 0 Å². The molecule has 1 saturated heterocycles. The zero-order chi connectivity index (χ0) is 19.8. The van der Waals surface area contributed by atoms with Crippen molar-refractivity contribution in [3.05, 3.63) is 34.9 Å². The molecule has 1 aromatic rings. The first-order chi connectivity index (χ1) is 13.5. The summed E-state index contributed by atoms with van der Waals surface area (Å²) in [4.78, 5) is 33.1. The highest BCUT2D eigenvalue weighted by Crippen LogP contribution is 2.42. The maximum Gasteiger partial charge on any atom is 0.331 e. The first-order valence-corrected chi connectivity index (χ1v) is 10.4. The summed E-state index contributed by atoms with van der Waals surface area (Å²) in [6, 6.07) is 7.16. The van der Waals surface area contributed by atoms with Crippen molar-refractivity contribution in [2.45, 2.75) is 49.6 Å². The number of hydrogen-bond acceptors (Lipinski definition) is 4. The van der Waals surface area contributed by atoms with E-state index in [0.717, 1.165) is 38.8 Å². The minimum atomic E-state index is -0.878. The van der Waals surface area contributed by atoms with Crippen molar-refractivity contribution in [1.82, 2.24) is 9.80 Å². The number of carbonyl (C=O) groups excluding carboxylic acids is 1. The molecule has 1 aromatic carbocycles. The van der Waals surface area contributed by atoms with Crippen LogP contribution in [0.25, 0.3) is 0 Å². The fourth-order valence-electron chi connectivity index (χ4n) is 4.43. The van der Waals surface area contributed by atoms with Crippen molar-refractivity contribution in [1.29, 1.82) is 0 Å². The maximum absolute atomic E-state index is 12.8. The lowest BCUT2D eigenvalue weighted by Crippen LogP contribution is -2.58. The smallest absolute Gasteiger partial charge is 0.331 e. The topological polar surface area (TPSA) is 73.2 Å². The van der Waals surface area contributed by atoms with Gasteiger partial charge in [0.2, 0.25) is 0 Å².